The molecule has 160 valence electrons. The fourth-order valence-corrected chi connectivity index (χ4v) is 4.63. The number of halogens is 1. The molecule has 0 bridgehead atoms. The molecule has 0 unspecified atom stereocenters. The first-order valence-corrected chi connectivity index (χ1v) is 10.9. The van der Waals surface area contributed by atoms with Crippen molar-refractivity contribution in [1.29, 1.82) is 0 Å². The van der Waals surface area contributed by atoms with Gasteiger partial charge in [-0.2, -0.15) is 0 Å². The molecule has 2 amide bonds. The first-order chi connectivity index (χ1) is 16.1. The van der Waals surface area contributed by atoms with Crippen LogP contribution in [0.15, 0.2) is 84.0 Å². The maximum Gasteiger partial charge on any atom is 0.261 e. The summed E-state index contributed by atoms with van der Waals surface area (Å²) in [4.78, 5) is 36.6. The fourth-order valence-electron chi connectivity index (χ4n) is 4.46. The molecule has 0 atom stereocenters. The number of aromatic nitrogens is 2. The molecule has 3 aromatic carbocycles. The summed E-state index contributed by atoms with van der Waals surface area (Å²) in [5, 5.41) is 0.600. The summed E-state index contributed by atoms with van der Waals surface area (Å²) in [5.74, 6) is 0.144. The van der Waals surface area contributed by atoms with E-state index in [1.54, 1.807) is 30.5 Å². The average Bonchev–Trinajstić information content (AvgIpc) is 3.28. The smallest absolute Gasteiger partial charge is 0.261 e. The van der Waals surface area contributed by atoms with E-state index in [-0.39, 0.29) is 18.4 Å². The number of carbonyl (C=O) groups excluding carboxylic acids is 2. The lowest BCUT2D eigenvalue weighted by Gasteiger charge is -2.18. The molecule has 2 aliphatic rings. The van der Waals surface area contributed by atoms with Crippen LogP contribution < -0.4 is 0 Å². The second-order valence-electron chi connectivity index (χ2n) is 7.94. The molecule has 6 nitrogen and oxygen atoms in total. The van der Waals surface area contributed by atoms with E-state index in [1.807, 2.05) is 53.1 Å². The summed E-state index contributed by atoms with van der Waals surface area (Å²) in [7, 11) is 0. The molecule has 0 saturated heterocycles. The zero-order valence-corrected chi connectivity index (χ0v) is 18.2. The van der Waals surface area contributed by atoms with E-state index in [0.29, 0.717) is 22.7 Å². The van der Waals surface area contributed by atoms with E-state index in [9.17, 15) is 9.59 Å². The number of carbonyl (C=O) groups is 2. The Labute approximate surface area is 194 Å². The third-order valence-corrected chi connectivity index (χ3v) is 6.22. The first-order valence-electron chi connectivity index (χ1n) is 10.5. The molecule has 0 spiro atoms. The topological polar surface area (TPSA) is 67.6 Å². The first kappa shape index (κ1) is 19.6. The van der Waals surface area contributed by atoms with Crippen molar-refractivity contribution in [2.45, 2.75) is 13.1 Å². The van der Waals surface area contributed by atoms with Crippen LogP contribution in [-0.2, 0) is 13.1 Å². The van der Waals surface area contributed by atoms with E-state index in [0.717, 1.165) is 34.0 Å². The summed E-state index contributed by atoms with van der Waals surface area (Å²) < 4.78 is 1.98. The Morgan fingerprint density at radius 2 is 1.55 bits per heavy atom. The number of hydrogen-bond acceptors (Lipinski definition) is 4. The standard InChI is InChI=1S/C26H17ClN4O2/c27-17-10-11-22-21(12-17)24(16-6-2-1-3-7-16)29-14-23-28-13-18(31(22)23)15-30-25(32)19-8-4-5-9-20(19)26(30)33/h1-13H,14-15H2. The monoisotopic (exact) mass is 452 g/mol. The van der Waals surface area contributed by atoms with Gasteiger partial charge in [0.2, 0.25) is 0 Å². The minimum atomic E-state index is -0.294. The van der Waals surface area contributed by atoms with Gasteiger partial charge in [-0.1, -0.05) is 54.1 Å². The number of rotatable bonds is 3. The minimum Gasteiger partial charge on any atom is -0.297 e. The molecule has 0 fully saturated rings. The van der Waals surface area contributed by atoms with Gasteiger partial charge < -0.3 is 0 Å². The second kappa shape index (κ2) is 7.53. The highest BCUT2D eigenvalue weighted by Gasteiger charge is 2.36. The Balaban J connectivity index is 1.45. The Morgan fingerprint density at radius 1 is 0.848 bits per heavy atom. The van der Waals surface area contributed by atoms with E-state index < -0.39 is 0 Å². The van der Waals surface area contributed by atoms with Gasteiger partial charge in [-0.3, -0.25) is 24.0 Å². The number of hydrogen-bond donors (Lipinski definition) is 0. The number of nitrogens with zero attached hydrogens (tertiary/aromatic N) is 4. The molecule has 3 heterocycles. The van der Waals surface area contributed by atoms with Crippen molar-refractivity contribution in [3.63, 3.8) is 0 Å². The maximum absolute atomic E-state index is 12.9. The molecule has 6 rings (SSSR count). The van der Waals surface area contributed by atoms with Crippen molar-refractivity contribution in [3.05, 3.63) is 118 Å². The van der Waals surface area contributed by atoms with E-state index in [4.69, 9.17) is 16.6 Å². The number of benzene rings is 3. The average molecular weight is 453 g/mol. The fraction of sp³-hybridized carbons (Fsp3) is 0.0769. The maximum atomic E-state index is 12.9. The van der Waals surface area contributed by atoms with Crippen molar-refractivity contribution in [1.82, 2.24) is 14.5 Å². The third kappa shape index (κ3) is 3.10. The predicted molar refractivity (Wildman–Crippen MR) is 125 cm³/mol. The summed E-state index contributed by atoms with van der Waals surface area (Å²) >= 11 is 6.37. The van der Waals surface area contributed by atoms with E-state index in [2.05, 4.69) is 4.98 Å². The minimum absolute atomic E-state index is 0.113. The quantitative estimate of drug-likeness (QED) is 0.424. The molecule has 33 heavy (non-hydrogen) atoms. The summed E-state index contributed by atoms with van der Waals surface area (Å²) in [6.07, 6.45) is 1.71. The summed E-state index contributed by atoms with van der Waals surface area (Å²) in [5.41, 5.74) is 5.12. The Morgan fingerprint density at radius 3 is 2.27 bits per heavy atom. The molecule has 0 saturated carbocycles. The molecular formula is C26H17ClN4O2. The lowest BCUT2D eigenvalue weighted by atomic mass is 10.0. The summed E-state index contributed by atoms with van der Waals surface area (Å²) in [6, 6.07) is 22.5. The molecule has 0 aliphatic carbocycles. The lowest BCUT2D eigenvalue weighted by Crippen LogP contribution is -2.30. The van der Waals surface area contributed by atoms with Crippen LogP contribution in [0.5, 0.6) is 0 Å². The van der Waals surface area contributed by atoms with E-state index >= 15 is 0 Å². The molecule has 2 aliphatic heterocycles. The zero-order chi connectivity index (χ0) is 22.5. The third-order valence-electron chi connectivity index (χ3n) is 5.99. The highest BCUT2D eigenvalue weighted by atomic mass is 35.5. The van der Waals surface area contributed by atoms with Crippen LogP contribution in [0.4, 0.5) is 0 Å². The highest BCUT2D eigenvalue weighted by molar-refractivity contribution is 6.31. The van der Waals surface area contributed by atoms with Gasteiger partial charge in [-0.15, -0.1) is 0 Å². The van der Waals surface area contributed by atoms with Crippen LogP contribution in [0.25, 0.3) is 5.69 Å². The largest absolute Gasteiger partial charge is 0.297 e. The summed E-state index contributed by atoms with van der Waals surface area (Å²) in [6.45, 7) is 0.473. The van der Waals surface area contributed by atoms with Gasteiger partial charge in [-0.05, 0) is 30.3 Å². The normalized spacial score (nSPS) is 14.5. The van der Waals surface area contributed by atoms with Crippen molar-refractivity contribution >= 4 is 29.1 Å². The van der Waals surface area contributed by atoms with Gasteiger partial charge in [0, 0.05) is 16.1 Å². The van der Waals surface area contributed by atoms with Gasteiger partial charge in [-0.25, -0.2) is 4.98 Å². The van der Waals surface area contributed by atoms with E-state index in [1.165, 1.54) is 4.90 Å². The van der Waals surface area contributed by atoms with Crippen LogP contribution in [0.3, 0.4) is 0 Å². The second-order valence-corrected chi connectivity index (χ2v) is 8.37. The van der Waals surface area contributed by atoms with Crippen LogP contribution in [0, 0.1) is 0 Å². The van der Waals surface area contributed by atoms with Crippen molar-refractivity contribution < 1.29 is 9.59 Å². The van der Waals surface area contributed by atoms with Crippen molar-refractivity contribution in [2.75, 3.05) is 0 Å². The van der Waals surface area contributed by atoms with Crippen LogP contribution >= 0.6 is 11.6 Å². The van der Waals surface area contributed by atoms with Crippen molar-refractivity contribution in [3.8, 4) is 5.69 Å². The number of imide groups is 1. The van der Waals surface area contributed by atoms with Crippen LogP contribution in [0.2, 0.25) is 5.02 Å². The molecule has 0 N–H and O–H groups in total. The van der Waals surface area contributed by atoms with Gasteiger partial charge in [0.1, 0.15) is 5.82 Å². The highest BCUT2D eigenvalue weighted by Crippen LogP contribution is 2.31. The Bertz CT molecular complexity index is 1440. The molecule has 4 aromatic rings. The molecule has 0 radical (unpaired) electrons. The van der Waals surface area contributed by atoms with Gasteiger partial charge in [0.25, 0.3) is 11.8 Å². The number of aliphatic imine (C=N–C) groups is 1. The number of amides is 2. The Hall–Kier alpha value is -4.03. The van der Waals surface area contributed by atoms with Gasteiger partial charge in [0.15, 0.2) is 0 Å². The Kier molecular flexibility index (Phi) is 4.48. The molecule has 7 heteroatoms. The van der Waals surface area contributed by atoms with Crippen molar-refractivity contribution in [2.24, 2.45) is 4.99 Å². The SMILES string of the molecule is O=C1c2ccccc2C(=O)N1Cc1cnc2n1-c1ccc(Cl)cc1C(c1ccccc1)=NC2. The number of fused-ring (bicyclic) bond motifs is 4. The van der Waals surface area contributed by atoms with Crippen LogP contribution in [-0.4, -0.2) is 32.0 Å². The lowest BCUT2D eigenvalue weighted by molar-refractivity contribution is 0.0639. The molecular weight excluding hydrogens is 436 g/mol. The van der Waals surface area contributed by atoms with Gasteiger partial charge >= 0.3 is 0 Å². The zero-order valence-electron chi connectivity index (χ0n) is 17.4. The number of imidazole rings is 1. The predicted octanol–water partition coefficient (Wildman–Crippen LogP) is 4.67. The van der Waals surface area contributed by atoms with Crippen LogP contribution in [0.1, 0.15) is 43.4 Å². The molecule has 1 aromatic heterocycles. The van der Waals surface area contributed by atoms with Gasteiger partial charge in [0.05, 0.1) is 47.5 Å².